The van der Waals surface area contributed by atoms with Gasteiger partial charge in [0.15, 0.2) is 0 Å². The average Bonchev–Trinajstić information content (AvgIpc) is 2.43. The lowest BCUT2D eigenvalue weighted by Crippen LogP contribution is -2.48. The maximum absolute atomic E-state index is 12.4. The van der Waals surface area contributed by atoms with E-state index in [1.807, 2.05) is 19.0 Å². The van der Waals surface area contributed by atoms with Crippen molar-refractivity contribution in [3.05, 3.63) is 0 Å². The summed E-state index contributed by atoms with van der Waals surface area (Å²) in [6, 6.07) is 0.325. The molecule has 1 saturated heterocycles. The molecule has 0 radical (unpaired) electrons. The van der Waals surface area contributed by atoms with Crippen LogP contribution in [0.1, 0.15) is 26.7 Å². The molecule has 6 heteroatoms. The molecule has 1 heterocycles. The summed E-state index contributed by atoms with van der Waals surface area (Å²) in [5, 5.41) is 8.99. The number of nitrogens with zero attached hydrogens (tertiary/aromatic N) is 3. The van der Waals surface area contributed by atoms with Crippen molar-refractivity contribution >= 4 is 11.9 Å². The number of hydrogen-bond donors (Lipinski definition) is 1. The van der Waals surface area contributed by atoms with E-state index in [1.165, 1.54) is 0 Å². The average molecular weight is 299 g/mol. The number of carboxylic acids is 1. The Morgan fingerprint density at radius 3 is 2.29 bits per heavy atom. The molecule has 0 aromatic rings. The topological polar surface area (TPSA) is 64.1 Å². The number of likely N-dealkylation sites (tertiary alicyclic amines) is 1. The first-order valence-electron chi connectivity index (χ1n) is 7.74. The molecular weight excluding hydrogens is 270 g/mol. The van der Waals surface area contributed by atoms with Gasteiger partial charge in [-0.25, -0.2) is 0 Å². The largest absolute Gasteiger partial charge is 0.481 e. The molecule has 1 aliphatic rings. The molecule has 1 fully saturated rings. The fourth-order valence-electron chi connectivity index (χ4n) is 2.87. The Hall–Kier alpha value is -1.14. The minimum Gasteiger partial charge on any atom is -0.481 e. The van der Waals surface area contributed by atoms with E-state index in [9.17, 15) is 9.59 Å². The van der Waals surface area contributed by atoms with Crippen molar-refractivity contribution in [1.29, 1.82) is 0 Å². The number of carbonyl (C=O) groups excluding carboxylic acids is 1. The highest BCUT2D eigenvalue weighted by Crippen LogP contribution is 2.17. The van der Waals surface area contributed by atoms with Crippen LogP contribution < -0.4 is 0 Å². The number of piperidine rings is 1. The van der Waals surface area contributed by atoms with Gasteiger partial charge in [0.25, 0.3) is 0 Å². The Labute approximate surface area is 127 Å². The maximum atomic E-state index is 12.4. The Morgan fingerprint density at radius 1 is 1.29 bits per heavy atom. The first-order chi connectivity index (χ1) is 9.85. The molecule has 0 spiro atoms. The Morgan fingerprint density at radius 2 is 1.86 bits per heavy atom. The molecule has 0 aromatic carbocycles. The number of amides is 1. The summed E-state index contributed by atoms with van der Waals surface area (Å²) in [4.78, 5) is 29.4. The van der Waals surface area contributed by atoms with E-state index in [0.29, 0.717) is 38.5 Å². The van der Waals surface area contributed by atoms with Gasteiger partial charge in [-0.05, 0) is 40.4 Å². The van der Waals surface area contributed by atoms with Crippen molar-refractivity contribution in [3.8, 4) is 0 Å². The zero-order chi connectivity index (χ0) is 16.0. The van der Waals surface area contributed by atoms with Crippen LogP contribution in [0.4, 0.5) is 0 Å². The molecule has 1 N–H and O–H groups in total. The van der Waals surface area contributed by atoms with Crippen molar-refractivity contribution in [2.24, 2.45) is 5.92 Å². The molecule has 21 heavy (non-hydrogen) atoms. The smallest absolute Gasteiger partial charge is 0.306 e. The van der Waals surface area contributed by atoms with Crippen LogP contribution in [0, 0.1) is 5.92 Å². The molecular formula is C15H29N3O3. The lowest BCUT2D eigenvalue weighted by atomic mass is 9.97. The summed E-state index contributed by atoms with van der Waals surface area (Å²) in [6.07, 6.45) is 1.14. The molecule has 0 bridgehead atoms. The van der Waals surface area contributed by atoms with Crippen LogP contribution in [0.25, 0.3) is 0 Å². The van der Waals surface area contributed by atoms with Gasteiger partial charge in [0.2, 0.25) is 5.91 Å². The molecule has 1 amide bonds. The van der Waals surface area contributed by atoms with Crippen molar-refractivity contribution < 1.29 is 14.7 Å². The second kappa shape index (κ2) is 8.34. The standard InChI is InChI=1S/C15H29N3O3/c1-5-17(12(2)10-16(3)4)11-14(19)18-8-6-13(7-9-18)15(20)21/h12-13H,5-11H2,1-4H3,(H,20,21). The molecule has 122 valence electrons. The second-order valence-corrected chi connectivity index (χ2v) is 6.17. The van der Waals surface area contributed by atoms with Gasteiger partial charge >= 0.3 is 5.97 Å². The van der Waals surface area contributed by atoms with Crippen LogP contribution in [0.15, 0.2) is 0 Å². The van der Waals surface area contributed by atoms with Crippen LogP contribution in [-0.2, 0) is 9.59 Å². The lowest BCUT2D eigenvalue weighted by Gasteiger charge is -2.34. The fourth-order valence-corrected chi connectivity index (χ4v) is 2.87. The third-order valence-electron chi connectivity index (χ3n) is 4.19. The fraction of sp³-hybridized carbons (Fsp3) is 0.867. The van der Waals surface area contributed by atoms with E-state index >= 15 is 0 Å². The summed E-state index contributed by atoms with van der Waals surface area (Å²) in [5.41, 5.74) is 0. The quantitative estimate of drug-likeness (QED) is 0.745. The molecule has 1 unspecified atom stereocenters. The number of carboxylic acid groups (broad SMARTS) is 1. The van der Waals surface area contributed by atoms with E-state index in [4.69, 9.17) is 5.11 Å². The van der Waals surface area contributed by atoms with E-state index in [0.717, 1.165) is 13.1 Å². The molecule has 0 aliphatic carbocycles. The minimum atomic E-state index is -0.739. The van der Waals surface area contributed by atoms with E-state index in [2.05, 4.69) is 23.6 Å². The van der Waals surface area contributed by atoms with Crippen LogP contribution >= 0.6 is 0 Å². The number of likely N-dealkylation sites (N-methyl/N-ethyl adjacent to an activating group) is 2. The summed E-state index contributed by atoms with van der Waals surface area (Å²) in [5.74, 6) is -0.910. The molecule has 0 aromatic heterocycles. The van der Waals surface area contributed by atoms with Crippen LogP contribution in [0.3, 0.4) is 0 Å². The Balaban J connectivity index is 2.46. The van der Waals surface area contributed by atoms with Gasteiger partial charge in [0, 0.05) is 25.7 Å². The molecule has 6 nitrogen and oxygen atoms in total. The number of rotatable bonds is 7. The van der Waals surface area contributed by atoms with Crippen molar-refractivity contribution in [3.63, 3.8) is 0 Å². The molecule has 1 atom stereocenters. The highest BCUT2D eigenvalue weighted by molar-refractivity contribution is 5.79. The third-order valence-corrected chi connectivity index (χ3v) is 4.19. The van der Waals surface area contributed by atoms with E-state index < -0.39 is 5.97 Å². The Bertz CT molecular complexity index is 352. The zero-order valence-corrected chi connectivity index (χ0v) is 13.7. The number of hydrogen-bond acceptors (Lipinski definition) is 4. The monoisotopic (exact) mass is 299 g/mol. The highest BCUT2D eigenvalue weighted by atomic mass is 16.4. The predicted molar refractivity (Wildman–Crippen MR) is 82.2 cm³/mol. The van der Waals surface area contributed by atoms with Crippen molar-refractivity contribution in [2.45, 2.75) is 32.7 Å². The molecule has 1 aliphatic heterocycles. The zero-order valence-electron chi connectivity index (χ0n) is 13.7. The predicted octanol–water partition coefficient (Wildman–Crippen LogP) is 0.582. The van der Waals surface area contributed by atoms with Gasteiger partial charge in [0.05, 0.1) is 12.5 Å². The first kappa shape index (κ1) is 17.9. The first-order valence-corrected chi connectivity index (χ1v) is 7.74. The van der Waals surface area contributed by atoms with E-state index in [-0.39, 0.29) is 11.8 Å². The van der Waals surface area contributed by atoms with E-state index in [1.54, 1.807) is 0 Å². The van der Waals surface area contributed by atoms with Crippen molar-refractivity contribution in [2.75, 3.05) is 46.8 Å². The van der Waals surface area contributed by atoms with Gasteiger partial charge < -0.3 is 14.9 Å². The lowest BCUT2D eigenvalue weighted by molar-refractivity contribution is -0.146. The highest BCUT2D eigenvalue weighted by Gasteiger charge is 2.28. The molecule has 0 saturated carbocycles. The second-order valence-electron chi connectivity index (χ2n) is 6.17. The summed E-state index contributed by atoms with van der Waals surface area (Å²) < 4.78 is 0. The van der Waals surface area contributed by atoms with Gasteiger partial charge in [-0.2, -0.15) is 0 Å². The summed E-state index contributed by atoms with van der Waals surface area (Å²) in [6.45, 7) is 7.51. The summed E-state index contributed by atoms with van der Waals surface area (Å²) in [7, 11) is 4.06. The number of carbonyl (C=O) groups is 2. The summed E-state index contributed by atoms with van der Waals surface area (Å²) >= 11 is 0. The van der Waals surface area contributed by atoms with Gasteiger partial charge in [0.1, 0.15) is 0 Å². The van der Waals surface area contributed by atoms with Gasteiger partial charge in [-0.1, -0.05) is 6.92 Å². The number of aliphatic carboxylic acids is 1. The minimum absolute atomic E-state index is 0.117. The normalized spacial score (nSPS) is 18.3. The van der Waals surface area contributed by atoms with Gasteiger partial charge in [-0.3, -0.25) is 14.5 Å². The van der Waals surface area contributed by atoms with Crippen molar-refractivity contribution in [1.82, 2.24) is 14.7 Å². The SMILES string of the molecule is CCN(CC(=O)N1CCC(C(=O)O)CC1)C(C)CN(C)C. The van der Waals surface area contributed by atoms with Crippen LogP contribution in [0.5, 0.6) is 0 Å². The van der Waals surface area contributed by atoms with Crippen LogP contribution in [0.2, 0.25) is 0 Å². The Kier molecular flexibility index (Phi) is 7.11. The third kappa shape index (κ3) is 5.63. The van der Waals surface area contributed by atoms with Crippen LogP contribution in [-0.4, -0.2) is 84.5 Å². The van der Waals surface area contributed by atoms with Gasteiger partial charge in [-0.15, -0.1) is 0 Å². The molecule has 1 rings (SSSR count). The maximum Gasteiger partial charge on any atom is 0.306 e.